The largest absolute Gasteiger partial charge is 0.474 e. The minimum atomic E-state index is 0.339. The van der Waals surface area contributed by atoms with E-state index in [1.54, 1.807) is 14.2 Å². The number of aromatic nitrogens is 2. The summed E-state index contributed by atoms with van der Waals surface area (Å²) in [6.07, 6.45) is 1.49. The second-order valence-corrected chi connectivity index (χ2v) is 4.07. The first-order chi connectivity index (χ1) is 9.77. The molecule has 8 heteroatoms. The molecule has 1 aromatic rings. The van der Waals surface area contributed by atoms with Gasteiger partial charge in [-0.1, -0.05) is 11.6 Å². The van der Waals surface area contributed by atoms with E-state index in [9.17, 15) is 0 Å². The zero-order valence-corrected chi connectivity index (χ0v) is 12.5. The molecule has 0 bridgehead atoms. The Morgan fingerprint density at radius 3 is 2.40 bits per heavy atom. The lowest BCUT2D eigenvalue weighted by atomic mass is 10.6. The van der Waals surface area contributed by atoms with Crippen molar-refractivity contribution in [1.82, 2.24) is 9.97 Å². The van der Waals surface area contributed by atoms with E-state index in [1.807, 2.05) is 0 Å². The van der Waals surface area contributed by atoms with Crippen molar-refractivity contribution in [3.05, 3.63) is 11.2 Å². The third-order valence-corrected chi connectivity index (χ3v) is 2.47. The molecule has 0 atom stereocenters. The molecule has 20 heavy (non-hydrogen) atoms. The number of rotatable bonds is 11. The van der Waals surface area contributed by atoms with Crippen LogP contribution in [0.4, 0.5) is 5.95 Å². The Labute approximate surface area is 123 Å². The average Bonchev–Trinajstić information content (AvgIpc) is 2.47. The van der Waals surface area contributed by atoms with E-state index < -0.39 is 0 Å². The van der Waals surface area contributed by atoms with Crippen LogP contribution in [0, 0.1) is 0 Å². The number of methoxy groups -OCH3 is 1. The number of ether oxygens (including phenoxy) is 4. The molecule has 0 aliphatic rings. The van der Waals surface area contributed by atoms with Gasteiger partial charge in [-0.15, -0.1) is 0 Å². The maximum absolute atomic E-state index is 5.91. The average molecular weight is 306 g/mol. The van der Waals surface area contributed by atoms with E-state index in [0.717, 1.165) is 0 Å². The fraction of sp³-hybridized carbons (Fsp3) is 0.667. The Morgan fingerprint density at radius 2 is 1.75 bits per heavy atom. The molecule has 0 unspecified atom stereocenters. The van der Waals surface area contributed by atoms with Gasteiger partial charge in [0.2, 0.25) is 11.8 Å². The Bertz CT molecular complexity index is 382. The predicted molar refractivity (Wildman–Crippen MR) is 75.6 cm³/mol. The van der Waals surface area contributed by atoms with Gasteiger partial charge in [-0.25, -0.2) is 4.98 Å². The Balaban J connectivity index is 2.09. The van der Waals surface area contributed by atoms with Crippen LogP contribution in [0.25, 0.3) is 0 Å². The molecule has 7 nitrogen and oxygen atoms in total. The summed E-state index contributed by atoms with van der Waals surface area (Å²) in [5.74, 6) is 0.794. The fourth-order valence-electron chi connectivity index (χ4n) is 1.23. The van der Waals surface area contributed by atoms with Crippen LogP contribution in [0.1, 0.15) is 0 Å². The number of nitrogens with one attached hydrogen (secondary N) is 1. The fourth-order valence-corrected chi connectivity index (χ4v) is 1.38. The van der Waals surface area contributed by atoms with Crippen molar-refractivity contribution in [2.45, 2.75) is 0 Å². The molecule has 0 amide bonds. The lowest BCUT2D eigenvalue weighted by molar-refractivity contribution is 0.0176. The maximum Gasteiger partial charge on any atom is 0.237 e. The van der Waals surface area contributed by atoms with Gasteiger partial charge in [-0.05, 0) is 0 Å². The van der Waals surface area contributed by atoms with Crippen molar-refractivity contribution in [2.75, 3.05) is 59.1 Å². The Hall–Kier alpha value is -1.15. The van der Waals surface area contributed by atoms with Gasteiger partial charge in [0.05, 0.1) is 39.2 Å². The summed E-state index contributed by atoms with van der Waals surface area (Å²) in [6.45, 7) is 2.98. The summed E-state index contributed by atoms with van der Waals surface area (Å²) in [5.41, 5.74) is 0. The number of hydrogen-bond donors (Lipinski definition) is 1. The molecule has 0 spiro atoms. The SMILES string of the molecule is CNc1ncc(Cl)c(OCCOCCOCCOC)n1. The van der Waals surface area contributed by atoms with E-state index in [1.165, 1.54) is 6.20 Å². The third-order valence-electron chi connectivity index (χ3n) is 2.21. The first-order valence-electron chi connectivity index (χ1n) is 6.25. The van der Waals surface area contributed by atoms with E-state index >= 15 is 0 Å². The van der Waals surface area contributed by atoms with Crippen molar-refractivity contribution in [2.24, 2.45) is 0 Å². The van der Waals surface area contributed by atoms with E-state index in [4.69, 9.17) is 30.5 Å². The van der Waals surface area contributed by atoms with Crippen LogP contribution >= 0.6 is 11.6 Å². The highest BCUT2D eigenvalue weighted by Crippen LogP contribution is 2.21. The zero-order chi connectivity index (χ0) is 14.6. The summed E-state index contributed by atoms with van der Waals surface area (Å²) < 4.78 is 20.9. The van der Waals surface area contributed by atoms with Crippen molar-refractivity contribution >= 4 is 17.5 Å². The first kappa shape index (κ1) is 16.9. The van der Waals surface area contributed by atoms with Crippen molar-refractivity contribution < 1.29 is 18.9 Å². The topological polar surface area (TPSA) is 74.7 Å². The van der Waals surface area contributed by atoms with E-state index in [0.29, 0.717) is 56.5 Å². The van der Waals surface area contributed by atoms with Crippen LogP contribution in [0.3, 0.4) is 0 Å². The minimum absolute atomic E-state index is 0.339. The van der Waals surface area contributed by atoms with Gasteiger partial charge in [0.15, 0.2) is 0 Å². The number of nitrogens with zero attached hydrogens (tertiary/aromatic N) is 2. The lowest BCUT2D eigenvalue weighted by Crippen LogP contribution is -2.13. The van der Waals surface area contributed by atoms with Crippen LogP contribution in [-0.4, -0.2) is 63.8 Å². The molecule has 1 rings (SSSR count). The minimum Gasteiger partial charge on any atom is -0.474 e. The normalized spacial score (nSPS) is 10.6. The Morgan fingerprint density at radius 1 is 1.10 bits per heavy atom. The van der Waals surface area contributed by atoms with E-state index in [2.05, 4.69) is 15.3 Å². The standard InChI is InChI=1S/C12H20ClN3O4/c1-14-12-15-9-10(13)11(16-12)20-8-7-19-6-5-18-4-3-17-2/h9H,3-8H2,1-2H3,(H,14,15,16). The van der Waals surface area contributed by atoms with Gasteiger partial charge < -0.3 is 24.3 Å². The molecule has 0 radical (unpaired) electrons. The second kappa shape index (κ2) is 10.6. The molecular weight excluding hydrogens is 286 g/mol. The van der Waals surface area contributed by atoms with Crippen LogP contribution in [-0.2, 0) is 14.2 Å². The van der Waals surface area contributed by atoms with Crippen molar-refractivity contribution in [3.63, 3.8) is 0 Å². The summed E-state index contributed by atoms with van der Waals surface area (Å²) in [7, 11) is 3.36. The molecule has 1 aromatic heterocycles. The van der Waals surface area contributed by atoms with Crippen molar-refractivity contribution in [1.29, 1.82) is 0 Å². The van der Waals surface area contributed by atoms with Gasteiger partial charge in [-0.3, -0.25) is 0 Å². The molecule has 0 fully saturated rings. The molecular formula is C12H20ClN3O4. The molecule has 114 valence electrons. The summed E-state index contributed by atoms with van der Waals surface area (Å²) in [6, 6.07) is 0. The molecule has 0 saturated carbocycles. The molecule has 1 heterocycles. The molecule has 1 N–H and O–H groups in total. The molecule has 0 saturated heterocycles. The number of hydrogen-bond acceptors (Lipinski definition) is 7. The van der Waals surface area contributed by atoms with Gasteiger partial charge >= 0.3 is 0 Å². The van der Waals surface area contributed by atoms with Gasteiger partial charge in [0.25, 0.3) is 0 Å². The molecule has 0 aliphatic carbocycles. The van der Waals surface area contributed by atoms with Crippen molar-refractivity contribution in [3.8, 4) is 5.88 Å². The van der Waals surface area contributed by atoms with Crippen LogP contribution in [0.2, 0.25) is 5.02 Å². The summed E-state index contributed by atoms with van der Waals surface area (Å²) in [5, 5.41) is 3.18. The highest BCUT2D eigenvalue weighted by molar-refractivity contribution is 6.31. The third kappa shape index (κ3) is 6.85. The highest BCUT2D eigenvalue weighted by Gasteiger charge is 2.05. The lowest BCUT2D eigenvalue weighted by Gasteiger charge is -2.09. The summed E-state index contributed by atoms with van der Waals surface area (Å²) >= 11 is 5.91. The number of anilines is 1. The first-order valence-corrected chi connectivity index (χ1v) is 6.63. The predicted octanol–water partition coefficient (Wildman–Crippen LogP) is 1.23. The van der Waals surface area contributed by atoms with Gasteiger partial charge in [0, 0.05) is 14.2 Å². The summed E-state index contributed by atoms with van der Waals surface area (Å²) in [4.78, 5) is 8.05. The Kier molecular flexibility index (Phi) is 8.97. The van der Waals surface area contributed by atoms with Gasteiger partial charge in [0.1, 0.15) is 11.6 Å². The van der Waals surface area contributed by atoms with Crippen LogP contribution < -0.4 is 10.1 Å². The zero-order valence-electron chi connectivity index (χ0n) is 11.7. The van der Waals surface area contributed by atoms with Gasteiger partial charge in [-0.2, -0.15) is 4.98 Å². The number of halogens is 1. The van der Waals surface area contributed by atoms with E-state index in [-0.39, 0.29) is 0 Å². The highest BCUT2D eigenvalue weighted by atomic mass is 35.5. The smallest absolute Gasteiger partial charge is 0.237 e. The van der Waals surface area contributed by atoms with Crippen LogP contribution in [0.15, 0.2) is 6.20 Å². The molecule has 0 aromatic carbocycles. The quantitative estimate of drug-likeness (QED) is 0.616. The second-order valence-electron chi connectivity index (χ2n) is 3.66. The maximum atomic E-state index is 5.91. The van der Waals surface area contributed by atoms with Crippen LogP contribution in [0.5, 0.6) is 5.88 Å². The molecule has 0 aliphatic heterocycles. The monoisotopic (exact) mass is 305 g/mol.